The number of amides is 2. The van der Waals surface area contributed by atoms with Gasteiger partial charge in [0.1, 0.15) is 6.10 Å². The molecule has 2 aromatic carbocycles. The van der Waals surface area contributed by atoms with E-state index in [1.807, 2.05) is 37.2 Å². The number of nitrogens with one attached hydrogen (secondary N) is 2. The van der Waals surface area contributed by atoms with Gasteiger partial charge in [0.25, 0.3) is 5.91 Å². The smallest absolute Gasteiger partial charge is 0.411 e. The summed E-state index contributed by atoms with van der Waals surface area (Å²) in [5.41, 5.74) is 2.73. The first-order chi connectivity index (χ1) is 18.8. The third-order valence-electron chi connectivity index (χ3n) is 6.62. The summed E-state index contributed by atoms with van der Waals surface area (Å²) in [6.07, 6.45) is 2.30. The number of hydrogen-bond donors (Lipinski definition) is 2. The molecule has 212 valence electrons. The lowest BCUT2D eigenvalue weighted by atomic mass is 10.0. The zero-order chi connectivity index (χ0) is 28.4. The van der Waals surface area contributed by atoms with Gasteiger partial charge in [-0.2, -0.15) is 0 Å². The van der Waals surface area contributed by atoms with Crippen molar-refractivity contribution >= 4 is 23.4 Å². The molecule has 0 bridgehead atoms. The van der Waals surface area contributed by atoms with Gasteiger partial charge >= 0.3 is 6.09 Å². The van der Waals surface area contributed by atoms with Crippen LogP contribution >= 0.6 is 0 Å². The Labute approximate surface area is 229 Å². The molecule has 0 spiro atoms. The molecule has 1 saturated heterocycles. The average molecular weight is 543 g/mol. The van der Waals surface area contributed by atoms with Crippen molar-refractivity contribution in [1.29, 1.82) is 0 Å². The molecule has 1 fully saturated rings. The zero-order valence-corrected chi connectivity index (χ0v) is 23.2. The highest BCUT2D eigenvalue weighted by Gasteiger charge is 2.34. The van der Waals surface area contributed by atoms with Crippen LogP contribution in [0.1, 0.15) is 28.8 Å². The third-order valence-corrected chi connectivity index (χ3v) is 6.62. The Hall–Kier alpha value is -3.79. The molecule has 0 radical (unpaired) electrons. The van der Waals surface area contributed by atoms with E-state index in [1.54, 1.807) is 24.3 Å². The molecule has 9 nitrogen and oxygen atoms in total. The number of alkyl halides is 1. The van der Waals surface area contributed by atoms with Gasteiger partial charge in [-0.3, -0.25) is 19.4 Å². The van der Waals surface area contributed by atoms with Crippen LogP contribution in [0.25, 0.3) is 0 Å². The van der Waals surface area contributed by atoms with Crippen LogP contribution in [0, 0.1) is 0 Å². The Kier molecular flexibility index (Phi) is 11.0. The second-order valence-corrected chi connectivity index (χ2v) is 9.61. The van der Waals surface area contributed by atoms with Crippen LogP contribution in [-0.2, 0) is 11.2 Å². The van der Waals surface area contributed by atoms with Crippen molar-refractivity contribution in [3.8, 4) is 11.5 Å². The van der Waals surface area contributed by atoms with Gasteiger partial charge in [0.15, 0.2) is 11.5 Å². The van der Waals surface area contributed by atoms with Gasteiger partial charge in [0.05, 0.1) is 26.5 Å². The van der Waals surface area contributed by atoms with Crippen LogP contribution in [0.2, 0.25) is 0 Å². The molecule has 0 aliphatic carbocycles. The number of carbonyl (C=O) groups is 2. The lowest BCUT2D eigenvalue weighted by Gasteiger charge is -2.23. The molecular weight excluding hydrogens is 503 g/mol. The number of hydrogen-bond acceptors (Lipinski definition) is 7. The van der Waals surface area contributed by atoms with E-state index in [-0.39, 0.29) is 18.1 Å². The topological polar surface area (TPSA) is 92.4 Å². The number of methoxy groups -OCH3 is 2. The lowest BCUT2D eigenvalue weighted by Crippen LogP contribution is -2.40. The molecule has 39 heavy (non-hydrogen) atoms. The van der Waals surface area contributed by atoms with Crippen LogP contribution < -0.4 is 25.0 Å². The zero-order valence-electron chi connectivity index (χ0n) is 23.2. The molecule has 0 saturated carbocycles. The van der Waals surface area contributed by atoms with Crippen LogP contribution in [0.5, 0.6) is 11.5 Å². The molecule has 1 aliphatic heterocycles. The van der Waals surface area contributed by atoms with Crippen LogP contribution in [0.4, 0.5) is 20.6 Å². The van der Waals surface area contributed by atoms with E-state index in [9.17, 15) is 14.0 Å². The molecule has 1 aliphatic rings. The molecular formula is C29H39FN4O5. The number of nitrogens with zero attached hydrogens (tertiary/aromatic N) is 2. The number of anilines is 2. The van der Waals surface area contributed by atoms with Crippen LogP contribution in [0.15, 0.2) is 49.1 Å². The fourth-order valence-electron chi connectivity index (χ4n) is 4.70. The van der Waals surface area contributed by atoms with E-state index in [0.29, 0.717) is 61.6 Å². The highest BCUT2D eigenvalue weighted by atomic mass is 19.1. The van der Waals surface area contributed by atoms with E-state index >= 15 is 0 Å². The maximum Gasteiger partial charge on any atom is 0.411 e. The Morgan fingerprint density at radius 3 is 2.67 bits per heavy atom. The van der Waals surface area contributed by atoms with E-state index in [1.165, 1.54) is 14.2 Å². The highest BCUT2D eigenvalue weighted by molar-refractivity contribution is 5.98. The number of benzene rings is 2. The summed E-state index contributed by atoms with van der Waals surface area (Å²) < 4.78 is 29.3. The van der Waals surface area contributed by atoms with Gasteiger partial charge in [-0.15, -0.1) is 6.58 Å². The molecule has 10 heteroatoms. The van der Waals surface area contributed by atoms with Gasteiger partial charge in [-0.1, -0.05) is 12.1 Å². The predicted octanol–water partition coefficient (Wildman–Crippen LogP) is 4.28. The largest absolute Gasteiger partial charge is 0.493 e. The molecule has 1 heterocycles. The molecule has 2 aromatic rings. The molecule has 2 atom stereocenters. The Bertz CT molecular complexity index is 1140. The number of aryl methyl sites for hydroxylation is 1. The van der Waals surface area contributed by atoms with Crippen molar-refractivity contribution in [1.82, 2.24) is 10.2 Å². The second kappa shape index (κ2) is 14.4. The minimum absolute atomic E-state index is 0.0653. The number of ether oxygens (including phenoxy) is 3. The SMILES string of the molecule is C=CCN1C[C@H](OC(=O)Nc2cccc(N(C)C)c2)C[C@H]1CNC(=O)c1cc(CCCF)cc(OC)c1OC. The molecule has 0 unspecified atom stereocenters. The van der Waals surface area contributed by atoms with E-state index in [0.717, 1.165) is 11.3 Å². The predicted molar refractivity (Wildman–Crippen MR) is 151 cm³/mol. The van der Waals surface area contributed by atoms with E-state index < -0.39 is 12.8 Å². The average Bonchev–Trinajstić information content (AvgIpc) is 3.30. The molecule has 2 N–H and O–H groups in total. The van der Waals surface area contributed by atoms with E-state index in [2.05, 4.69) is 22.1 Å². The fraction of sp³-hybridized carbons (Fsp3) is 0.448. The van der Waals surface area contributed by atoms with Gasteiger partial charge in [-0.05, 0) is 48.7 Å². The first-order valence-electron chi connectivity index (χ1n) is 13.0. The van der Waals surface area contributed by atoms with Crippen molar-refractivity contribution in [2.45, 2.75) is 31.4 Å². The summed E-state index contributed by atoms with van der Waals surface area (Å²) in [5.74, 6) is 0.419. The molecule has 3 rings (SSSR count). The first kappa shape index (κ1) is 29.8. The van der Waals surface area contributed by atoms with Crippen LogP contribution in [0.3, 0.4) is 0 Å². The van der Waals surface area contributed by atoms with E-state index in [4.69, 9.17) is 14.2 Å². The maximum absolute atomic E-state index is 13.2. The van der Waals surface area contributed by atoms with Gasteiger partial charge in [-0.25, -0.2) is 4.79 Å². The number of halogens is 1. The standard InChI is InChI=1S/C29H39FN4O5/c1-6-13-34-19-24(39-29(36)32-21-10-7-11-22(16-21)33(2)3)17-23(34)18-31-28(35)25-14-20(9-8-12-30)15-26(37-4)27(25)38-5/h6-7,10-11,14-16,23-24H,1,8-9,12-13,17-19H2,2-5H3,(H,31,35)(H,32,36)/t23-,24+/m0/s1. The first-order valence-corrected chi connectivity index (χ1v) is 13.0. The minimum Gasteiger partial charge on any atom is -0.493 e. The Morgan fingerprint density at radius 2 is 2.00 bits per heavy atom. The summed E-state index contributed by atoms with van der Waals surface area (Å²) in [7, 11) is 6.83. The highest BCUT2D eigenvalue weighted by Crippen LogP contribution is 2.33. The summed E-state index contributed by atoms with van der Waals surface area (Å²) in [6, 6.07) is 10.9. The Balaban J connectivity index is 1.64. The van der Waals surface area contributed by atoms with Crippen LogP contribution in [-0.4, -0.2) is 83.7 Å². The Morgan fingerprint density at radius 1 is 1.21 bits per heavy atom. The number of carbonyl (C=O) groups excluding carboxylic acids is 2. The quantitative estimate of drug-likeness (QED) is 0.365. The normalized spacial score (nSPS) is 16.8. The lowest BCUT2D eigenvalue weighted by molar-refractivity contribution is 0.0937. The van der Waals surface area contributed by atoms with Crippen molar-refractivity contribution in [3.63, 3.8) is 0 Å². The summed E-state index contributed by atoms with van der Waals surface area (Å²) in [4.78, 5) is 29.9. The molecule has 0 aromatic heterocycles. The summed E-state index contributed by atoms with van der Waals surface area (Å²) in [5, 5.41) is 5.78. The van der Waals surface area contributed by atoms with Crippen molar-refractivity contribution in [3.05, 3.63) is 60.2 Å². The number of likely N-dealkylation sites (tertiary alicyclic amines) is 1. The third kappa shape index (κ3) is 8.10. The van der Waals surface area contributed by atoms with Crippen molar-refractivity contribution in [2.75, 3.05) is 64.8 Å². The summed E-state index contributed by atoms with van der Waals surface area (Å²) in [6.45, 7) is 4.83. The summed E-state index contributed by atoms with van der Waals surface area (Å²) >= 11 is 0. The minimum atomic E-state index is -0.527. The van der Waals surface area contributed by atoms with Crippen molar-refractivity contribution < 1.29 is 28.2 Å². The monoisotopic (exact) mass is 542 g/mol. The van der Waals surface area contributed by atoms with Gasteiger partial charge in [0, 0.05) is 57.6 Å². The van der Waals surface area contributed by atoms with Gasteiger partial charge < -0.3 is 24.4 Å². The molecule has 2 amide bonds. The number of rotatable bonds is 13. The van der Waals surface area contributed by atoms with Gasteiger partial charge in [0.2, 0.25) is 0 Å². The maximum atomic E-state index is 13.2. The fourth-order valence-corrected chi connectivity index (χ4v) is 4.70. The van der Waals surface area contributed by atoms with Crippen molar-refractivity contribution in [2.24, 2.45) is 0 Å². The second-order valence-electron chi connectivity index (χ2n) is 9.61.